The number of thioether (sulfide) groups is 1. The van der Waals surface area contributed by atoms with Gasteiger partial charge in [-0.2, -0.15) is 0 Å². The van der Waals surface area contributed by atoms with Crippen molar-refractivity contribution in [3.05, 3.63) is 34.6 Å². The molecule has 3 rings (SSSR count). The quantitative estimate of drug-likeness (QED) is 0.596. The molecule has 22 heavy (non-hydrogen) atoms. The molecular weight excluding hydrogens is 345 g/mol. The van der Waals surface area contributed by atoms with Crippen molar-refractivity contribution >= 4 is 45.7 Å². The zero-order valence-electron chi connectivity index (χ0n) is 11.8. The molecule has 1 saturated carbocycles. The molecule has 1 aliphatic carbocycles. The van der Waals surface area contributed by atoms with Crippen LogP contribution < -0.4 is 4.90 Å². The summed E-state index contributed by atoms with van der Waals surface area (Å²) in [5, 5.41) is 9.17. The molecule has 4 nitrogen and oxygen atoms in total. The number of carbonyl (C=O) groups excluding carboxylic acids is 1. The van der Waals surface area contributed by atoms with Crippen molar-refractivity contribution in [2.75, 3.05) is 4.90 Å². The summed E-state index contributed by atoms with van der Waals surface area (Å²) in [6.07, 6.45) is 2.01. The summed E-state index contributed by atoms with van der Waals surface area (Å²) in [6.45, 7) is 1.53. The normalized spacial score (nSPS) is 14.1. The lowest BCUT2D eigenvalue weighted by Gasteiger charge is -2.15. The Bertz CT molecular complexity index is 685. The van der Waals surface area contributed by atoms with Crippen LogP contribution in [-0.4, -0.2) is 22.1 Å². The van der Waals surface area contributed by atoms with Gasteiger partial charge in [-0.3, -0.25) is 9.69 Å². The predicted octanol–water partition coefficient (Wildman–Crippen LogP) is 4.14. The fourth-order valence-corrected chi connectivity index (χ4v) is 4.34. The Balaban J connectivity index is 1.71. The van der Waals surface area contributed by atoms with E-state index in [9.17, 15) is 9.18 Å². The van der Waals surface area contributed by atoms with E-state index in [1.165, 1.54) is 36.1 Å². The van der Waals surface area contributed by atoms with Gasteiger partial charge in [0.15, 0.2) is 4.34 Å². The van der Waals surface area contributed by atoms with Crippen LogP contribution in [0.4, 0.5) is 9.52 Å². The van der Waals surface area contributed by atoms with Gasteiger partial charge in [-0.05, 0) is 25.0 Å². The maximum absolute atomic E-state index is 13.7. The van der Waals surface area contributed by atoms with Gasteiger partial charge in [-0.25, -0.2) is 4.39 Å². The van der Waals surface area contributed by atoms with Gasteiger partial charge in [0.05, 0.1) is 0 Å². The Hall–Kier alpha value is -1.18. The first-order chi connectivity index (χ1) is 10.6. The molecule has 1 heterocycles. The van der Waals surface area contributed by atoms with Crippen molar-refractivity contribution in [1.29, 1.82) is 0 Å². The van der Waals surface area contributed by atoms with E-state index in [2.05, 4.69) is 10.2 Å². The fourth-order valence-electron chi connectivity index (χ4n) is 2.04. The van der Waals surface area contributed by atoms with Crippen molar-refractivity contribution in [3.63, 3.8) is 0 Å². The SMILES string of the molecule is CC(=O)N(c1nnc(SCc2c(F)cccc2Cl)s1)C1CC1. The van der Waals surface area contributed by atoms with Crippen molar-refractivity contribution in [3.8, 4) is 0 Å². The number of rotatable bonds is 5. The van der Waals surface area contributed by atoms with Gasteiger partial charge in [-0.15, -0.1) is 10.2 Å². The van der Waals surface area contributed by atoms with E-state index in [0.29, 0.717) is 25.8 Å². The zero-order chi connectivity index (χ0) is 15.7. The molecule has 1 aliphatic rings. The number of halogens is 2. The van der Waals surface area contributed by atoms with Crippen molar-refractivity contribution in [1.82, 2.24) is 10.2 Å². The minimum Gasteiger partial charge on any atom is -0.284 e. The summed E-state index contributed by atoms with van der Waals surface area (Å²) in [5.41, 5.74) is 0.455. The fraction of sp³-hybridized carbons (Fsp3) is 0.357. The van der Waals surface area contributed by atoms with E-state index in [1.807, 2.05) is 0 Å². The van der Waals surface area contributed by atoms with Crippen LogP contribution in [0.25, 0.3) is 0 Å². The molecule has 1 aromatic carbocycles. The molecule has 8 heteroatoms. The van der Waals surface area contributed by atoms with E-state index >= 15 is 0 Å². The molecular formula is C14H13ClFN3OS2. The number of amides is 1. The molecule has 1 aromatic heterocycles. The zero-order valence-corrected chi connectivity index (χ0v) is 14.1. The van der Waals surface area contributed by atoms with E-state index in [4.69, 9.17) is 11.6 Å². The lowest BCUT2D eigenvalue weighted by molar-refractivity contribution is -0.116. The van der Waals surface area contributed by atoms with E-state index in [-0.39, 0.29) is 17.8 Å². The number of aromatic nitrogens is 2. The lowest BCUT2D eigenvalue weighted by Crippen LogP contribution is -2.30. The second-order valence-corrected chi connectivity index (χ2v) is 7.55. The molecule has 116 valence electrons. The van der Waals surface area contributed by atoms with Gasteiger partial charge >= 0.3 is 0 Å². The maximum atomic E-state index is 13.7. The average Bonchev–Trinajstić information content (AvgIpc) is 3.17. The number of nitrogens with zero attached hydrogens (tertiary/aromatic N) is 3. The van der Waals surface area contributed by atoms with Gasteiger partial charge < -0.3 is 0 Å². The van der Waals surface area contributed by atoms with Crippen molar-refractivity contribution < 1.29 is 9.18 Å². The Labute approximate surface area is 140 Å². The van der Waals surface area contributed by atoms with Crippen LogP contribution in [0.3, 0.4) is 0 Å². The summed E-state index contributed by atoms with van der Waals surface area (Å²) in [7, 11) is 0. The third-order valence-corrected chi connectivity index (χ3v) is 5.69. The average molecular weight is 358 g/mol. The van der Waals surface area contributed by atoms with E-state index in [0.717, 1.165) is 12.8 Å². The number of hydrogen-bond donors (Lipinski definition) is 0. The molecule has 0 spiro atoms. The summed E-state index contributed by atoms with van der Waals surface area (Å²) in [5.74, 6) is 0.0318. The molecule has 1 amide bonds. The third-order valence-electron chi connectivity index (χ3n) is 3.25. The largest absolute Gasteiger partial charge is 0.284 e. The van der Waals surface area contributed by atoms with Crippen LogP contribution in [0, 0.1) is 5.82 Å². The molecule has 0 radical (unpaired) electrons. The Morgan fingerprint density at radius 1 is 1.50 bits per heavy atom. The van der Waals surface area contributed by atoms with Gasteiger partial charge in [-0.1, -0.05) is 40.8 Å². The van der Waals surface area contributed by atoms with Crippen molar-refractivity contribution in [2.45, 2.75) is 35.9 Å². The predicted molar refractivity (Wildman–Crippen MR) is 87.1 cm³/mol. The molecule has 0 bridgehead atoms. The molecule has 0 saturated heterocycles. The second kappa shape index (κ2) is 6.52. The summed E-state index contributed by atoms with van der Waals surface area (Å²) in [4.78, 5) is 13.4. The summed E-state index contributed by atoms with van der Waals surface area (Å²) >= 11 is 8.72. The van der Waals surface area contributed by atoms with Crippen LogP contribution in [0.2, 0.25) is 5.02 Å². The van der Waals surface area contributed by atoms with E-state index in [1.54, 1.807) is 17.0 Å². The third kappa shape index (κ3) is 3.42. The first-order valence-corrected chi connectivity index (χ1v) is 8.93. The molecule has 0 atom stereocenters. The van der Waals surface area contributed by atoms with Crippen LogP contribution in [0.5, 0.6) is 0 Å². The molecule has 2 aromatic rings. The minimum absolute atomic E-state index is 0.0210. The highest BCUT2D eigenvalue weighted by Gasteiger charge is 2.34. The summed E-state index contributed by atoms with van der Waals surface area (Å²) in [6, 6.07) is 4.88. The van der Waals surface area contributed by atoms with Crippen molar-refractivity contribution in [2.24, 2.45) is 0 Å². The lowest BCUT2D eigenvalue weighted by atomic mass is 10.2. The molecule has 0 unspecified atom stereocenters. The molecule has 0 aliphatic heterocycles. The van der Waals surface area contributed by atoms with Crippen LogP contribution >= 0.6 is 34.7 Å². The van der Waals surface area contributed by atoms with Crippen LogP contribution in [0.15, 0.2) is 22.5 Å². The topological polar surface area (TPSA) is 46.1 Å². The number of carbonyl (C=O) groups is 1. The Morgan fingerprint density at radius 3 is 2.91 bits per heavy atom. The first-order valence-electron chi connectivity index (χ1n) is 6.75. The Morgan fingerprint density at radius 2 is 2.27 bits per heavy atom. The monoisotopic (exact) mass is 357 g/mol. The highest BCUT2D eigenvalue weighted by molar-refractivity contribution is 8.00. The highest BCUT2D eigenvalue weighted by Crippen LogP contribution is 2.37. The van der Waals surface area contributed by atoms with Gasteiger partial charge in [0, 0.05) is 29.3 Å². The Kier molecular flexibility index (Phi) is 4.65. The number of hydrogen-bond acceptors (Lipinski definition) is 5. The highest BCUT2D eigenvalue weighted by atomic mass is 35.5. The van der Waals surface area contributed by atoms with Crippen LogP contribution in [0.1, 0.15) is 25.3 Å². The smallest absolute Gasteiger partial charge is 0.225 e. The standard InChI is InChI=1S/C14H13ClFN3OS2/c1-8(20)19(9-5-6-9)13-17-18-14(22-13)21-7-10-11(15)3-2-4-12(10)16/h2-4,9H,5-7H2,1H3. The first kappa shape index (κ1) is 15.7. The van der Waals surface area contributed by atoms with Gasteiger partial charge in [0.2, 0.25) is 11.0 Å². The van der Waals surface area contributed by atoms with Gasteiger partial charge in [0.1, 0.15) is 5.82 Å². The van der Waals surface area contributed by atoms with E-state index < -0.39 is 0 Å². The number of benzene rings is 1. The number of anilines is 1. The molecule has 1 fully saturated rings. The second-order valence-electron chi connectivity index (χ2n) is 4.96. The maximum Gasteiger partial charge on any atom is 0.225 e. The van der Waals surface area contributed by atoms with Gasteiger partial charge in [0.25, 0.3) is 0 Å². The summed E-state index contributed by atoms with van der Waals surface area (Å²) < 4.78 is 14.4. The minimum atomic E-state index is -0.326. The molecule has 0 N–H and O–H groups in total. The van der Waals surface area contributed by atoms with Crippen LogP contribution in [-0.2, 0) is 10.5 Å².